The molecule has 10 aromatic rings. The first kappa shape index (κ1) is 13.5. The molecule has 1 aromatic heterocycles. The molecule has 9 aromatic carbocycles. The summed E-state index contributed by atoms with van der Waals surface area (Å²) in [6.45, 7) is 3.13. The quantitative estimate of drug-likeness (QED) is 0.166. The number of fused-ring (bicyclic) bond motifs is 10. The minimum absolute atomic E-state index is 0.00464. The summed E-state index contributed by atoms with van der Waals surface area (Å²) in [5.41, 5.74) is -6.26. The molecule has 0 radical (unpaired) electrons. The van der Waals surface area contributed by atoms with E-state index in [0.29, 0.717) is 0 Å². The second kappa shape index (κ2) is 11.3. The van der Waals surface area contributed by atoms with Gasteiger partial charge < -0.3 is 4.42 Å². The van der Waals surface area contributed by atoms with E-state index in [1.807, 2.05) is 0 Å². The first-order valence-corrected chi connectivity index (χ1v) is 16.4. The number of furan rings is 1. The third kappa shape index (κ3) is 4.44. The predicted octanol–water partition coefficient (Wildman–Crippen LogP) is 14.3. The van der Waals surface area contributed by atoms with Crippen molar-refractivity contribution < 1.29 is 42.8 Å². The van der Waals surface area contributed by atoms with Crippen LogP contribution < -0.4 is 0 Å². The smallest absolute Gasteiger partial charge is 0.143 e. The highest BCUT2D eigenvalue weighted by Gasteiger charge is 2.35. The van der Waals surface area contributed by atoms with E-state index in [4.69, 9.17) is 26.3 Å². The van der Waals surface area contributed by atoms with Crippen LogP contribution in [-0.2, 0) is 11.8 Å². The molecule has 1 aliphatic rings. The summed E-state index contributed by atoms with van der Waals surface area (Å²) in [7, 11) is 0. The van der Waals surface area contributed by atoms with Crippen molar-refractivity contribution in [2.24, 2.45) is 0 Å². The van der Waals surface area contributed by atoms with Gasteiger partial charge in [0.15, 0.2) is 0 Å². The van der Waals surface area contributed by atoms with E-state index in [9.17, 15) is 16.4 Å². The Bertz CT molecular complexity index is 4620. The average Bonchev–Trinajstić information content (AvgIpc) is 2.73. The minimum atomic E-state index is -1.43. The van der Waals surface area contributed by atoms with Crippen LogP contribution in [0.3, 0.4) is 0 Å². The van der Waals surface area contributed by atoms with Crippen molar-refractivity contribution in [2.75, 3.05) is 0 Å². The van der Waals surface area contributed by atoms with E-state index >= 15 is 0 Å². The fourth-order valence-corrected chi connectivity index (χ4v) is 7.31. The van der Waals surface area contributed by atoms with Crippen LogP contribution >= 0.6 is 0 Å². The SMILES string of the molecule is [2H]c1c([2H])c([2H])c2c(c1[2H])-c1c([2H])c([2H])c(Cc3c4c([2H])c([2H])c([2H])c([2H])c4c(-c4c([2H])c([2H])c(-c5c([2H])c([2H])c([2H])c6oc7c8c([2H])c([2H])c([2H])c([2H])c8c([2H])c([2H])c7c56)c([2H])c4[2H])c4c([2H])c([2H])c([2H])c([2H])c34)c([2H])c1C2(C)C. The van der Waals surface area contributed by atoms with E-state index in [0.717, 1.165) is 0 Å². The van der Waals surface area contributed by atoms with Crippen molar-refractivity contribution in [2.45, 2.75) is 25.7 Å². The summed E-state index contributed by atoms with van der Waals surface area (Å²) in [5, 5.41) is -4.04. The lowest BCUT2D eigenvalue weighted by molar-refractivity contribution is 0.659. The van der Waals surface area contributed by atoms with Gasteiger partial charge in [0.1, 0.15) is 11.2 Å². The molecule has 0 saturated carbocycles. The second-order valence-electron chi connectivity index (χ2n) is 13.0. The van der Waals surface area contributed by atoms with Crippen molar-refractivity contribution >= 4 is 54.3 Å². The van der Waals surface area contributed by atoms with E-state index < -0.39 is 258 Å². The Balaban J connectivity index is 1.28. The number of rotatable bonds is 4. The highest BCUT2D eigenvalue weighted by atomic mass is 16.3. The van der Waals surface area contributed by atoms with Gasteiger partial charge in [-0.25, -0.2) is 0 Å². The zero-order chi connectivity index (χ0) is 59.6. The van der Waals surface area contributed by atoms with Gasteiger partial charge in [-0.3, -0.25) is 0 Å². The molecule has 1 heteroatoms. The van der Waals surface area contributed by atoms with Crippen molar-refractivity contribution in [3.8, 4) is 33.4 Å². The Morgan fingerprint density at radius 1 is 0.491 bits per heavy atom. The molecular weight excluding hydrogens is 641 g/mol. The van der Waals surface area contributed by atoms with Gasteiger partial charge in [0.2, 0.25) is 0 Å². The fraction of sp³-hybridized carbons (Fsp3) is 0.0769. The minimum Gasteiger partial charge on any atom is -0.455 e. The van der Waals surface area contributed by atoms with Crippen molar-refractivity contribution in [1.82, 2.24) is 0 Å². The van der Waals surface area contributed by atoms with Crippen LogP contribution in [0.4, 0.5) is 0 Å². The maximum Gasteiger partial charge on any atom is 0.143 e. The monoisotopic (exact) mass is 704 g/mol. The third-order valence-corrected chi connectivity index (χ3v) is 9.76. The molecule has 0 N–H and O–H groups in total. The summed E-state index contributed by atoms with van der Waals surface area (Å²) in [6.07, 6.45) is -0.780. The molecule has 1 heterocycles. The Morgan fingerprint density at radius 2 is 1.11 bits per heavy atom. The molecule has 1 nitrogen and oxygen atoms in total. The Kier molecular flexibility index (Phi) is 2.88. The molecule has 250 valence electrons. The fourth-order valence-electron chi connectivity index (χ4n) is 7.31. The van der Waals surface area contributed by atoms with Crippen LogP contribution in [0.5, 0.6) is 0 Å². The lowest BCUT2D eigenvalue weighted by Crippen LogP contribution is -2.15. The lowest BCUT2D eigenvalue weighted by atomic mass is 9.81. The zero-order valence-corrected chi connectivity index (χ0v) is 27.6. The van der Waals surface area contributed by atoms with Crippen molar-refractivity contribution in [3.63, 3.8) is 0 Å². The van der Waals surface area contributed by atoms with Crippen molar-refractivity contribution in [1.29, 1.82) is 0 Å². The topological polar surface area (TPSA) is 13.1 Å². The van der Waals surface area contributed by atoms with Gasteiger partial charge in [-0.15, -0.1) is 0 Å². The molecule has 0 unspecified atom stereocenters. The predicted molar refractivity (Wildman–Crippen MR) is 224 cm³/mol. The van der Waals surface area contributed by atoms with Gasteiger partial charge in [-0.2, -0.15) is 0 Å². The molecule has 0 fully saturated rings. The molecule has 0 aliphatic heterocycles. The van der Waals surface area contributed by atoms with Crippen molar-refractivity contribution in [3.05, 3.63) is 191 Å². The maximum atomic E-state index is 9.75. The average molecular weight is 705 g/mol. The van der Waals surface area contributed by atoms with E-state index in [2.05, 4.69) is 0 Å². The molecule has 0 spiro atoms. The Morgan fingerprint density at radius 3 is 1.89 bits per heavy atom. The van der Waals surface area contributed by atoms with E-state index in [1.165, 1.54) is 0 Å². The molecule has 0 amide bonds. The standard InChI is InChI=1S/C52H36O/c1-52(2)46-20-10-9-16-40(46)41-28-22-32(31-47(41)52)30-45-38-14-5-7-17-42(38)49(43-18-8-6-15-39(43)45)35-25-23-34(24-26-35)36-19-11-21-48-50(36)44-29-27-33-12-3-4-13-37(33)51(44)53-48/h3-29,31H,30H2,1-2H3/i3D,4D,5D,6D,7D,8D,9D,10D,11D,12D,13D,14D,15D,16D,17D,18D,19D,20D,21D,22D,23D,24D,25D,26D,27D,28D,29D,31D. The summed E-state index contributed by atoms with van der Waals surface area (Å²) >= 11 is 0. The molecule has 0 atom stereocenters. The summed E-state index contributed by atoms with van der Waals surface area (Å²) < 4.78 is 260. The van der Waals surface area contributed by atoms with Crippen LogP contribution in [0.25, 0.3) is 87.6 Å². The van der Waals surface area contributed by atoms with Crippen LogP contribution in [-0.4, -0.2) is 0 Å². The van der Waals surface area contributed by atoms with Crippen LogP contribution in [0, 0.1) is 0 Å². The van der Waals surface area contributed by atoms with E-state index in [-0.39, 0.29) is 33.4 Å². The second-order valence-corrected chi connectivity index (χ2v) is 13.0. The summed E-state index contributed by atoms with van der Waals surface area (Å²) in [6, 6.07) is -22.3. The van der Waals surface area contributed by atoms with Gasteiger partial charge in [0.25, 0.3) is 0 Å². The number of benzene rings is 9. The van der Waals surface area contributed by atoms with Crippen LogP contribution in [0.15, 0.2) is 174 Å². The molecule has 11 rings (SSSR count). The van der Waals surface area contributed by atoms with Gasteiger partial charge >= 0.3 is 0 Å². The molecular formula is C52H36O. The van der Waals surface area contributed by atoms with Crippen LogP contribution in [0.2, 0.25) is 0 Å². The number of hydrogen-bond donors (Lipinski definition) is 0. The lowest BCUT2D eigenvalue weighted by Gasteiger charge is -2.22. The largest absolute Gasteiger partial charge is 0.455 e. The Labute approximate surface area is 348 Å². The molecule has 53 heavy (non-hydrogen) atoms. The third-order valence-electron chi connectivity index (χ3n) is 9.76. The molecule has 1 aliphatic carbocycles. The maximum absolute atomic E-state index is 9.75. The summed E-state index contributed by atoms with van der Waals surface area (Å²) in [4.78, 5) is 0. The molecule has 0 bridgehead atoms. The van der Waals surface area contributed by atoms with E-state index in [1.54, 1.807) is 13.8 Å². The first-order valence-electron chi connectivity index (χ1n) is 30.4. The molecule has 0 saturated heterocycles. The Hall–Kier alpha value is -6.44. The normalized spacial score (nSPS) is 20.7. The summed E-state index contributed by atoms with van der Waals surface area (Å²) in [5.74, 6) is 0. The van der Waals surface area contributed by atoms with Crippen LogP contribution in [0.1, 0.15) is 74.5 Å². The van der Waals surface area contributed by atoms with Gasteiger partial charge in [0.05, 0.1) is 38.4 Å². The zero-order valence-electron chi connectivity index (χ0n) is 55.6. The highest BCUT2D eigenvalue weighted by Crippen LogP contribution is 2.49. The first-order chi connectivity index (χ1) is 37.7. The van der Waals surface area contributed by atoms with Gasteiger partial charge in [0, 0.05) is 21.6 Å². The van der Waals surface area contributed by atoms with Gasteiger partial charge in [-0.05, 0) is 101 Å². The van der Waals surface area contributed by atoms with Gasteiger partial charge in [-0.1, -0.05) is 171 Å². The highest BCUT2D eigenvalue weighted by molar-refractivity contribution is 6.19. The number of hydrogen-bond acceptors (Lipinski definition) is 1.